The lowest BCUT2D eigenvalue weighted by Crippen LogP contribution is -2.46. The van der Waals surface area contributed by atoms with Crippen molar-refractivity contribution in [3.63, 3.8) is 0 Å². The van der Waals surface area contributed by atoms with E-state index in [1.54, 1.807) is 0 Å². The minimum absolute atomic E-state index is 0.0404. The first-order valence-corrected chi connectivity index (χ1v) is 7.69. The van der Waals surface area contributed by atoms with E-state index in [1.165, 1.54) is 11.1 Å². The third kappa shape index (κ3) is 3.57. The summed E-state index contributed by atoms with van der Waals surface area (Å²) in [5.41, 5.74) is 8.36. The SMILES string of the molecule is CCCC(NC(=O)C1CCc2ccccc2C1)C(N)=S. The van der Waals surface area contributed by atoms with E-state index in [2.05, 4.69) is 30.4 Å². The van der Waals surface area contributed by atoms with Gasteiger partial charge in [0.1, 0.15) is 0 Å². The molecule has 0 spiro atoms. The molecule has 0 aliphatic heterocycles. The van der Waals surface area contributed by atoms with E-state index >= 15 is 0 Å². The van der Waals surface area contributed by atoms with Crippen LogP contribution in [0.1, 0.15) is 37.3 Å². The van der Waals surface area contributed by atoms with Crippen molar-refractivity contribution in [2.24, 2.45) is 11.7 Å². The first-order valence-electron chi connectivity index (χ1n) is 7.28. The molecule has 0 saturated carbocycles. The number of nitrogens with one attached hydrogen (secondary N) is 1. The summed E-state index contributed by atoms with van der Waals surface area (Å²) >= 11 is 5.03. The molecule has 1 aliphatic rings. The number of hydrogen-bond acceptors (Lipinski definition) is 2. The van der Waals surface area contributed by atoms with Crippen molar-refractivity contribution < 1.29 is 4.79 Å². The number of carbonyl (C=O) groups excluding carboxylic acids is 1. The van der Waals surface area contributed by atoms with Crippen molar-refractivity contribution in [3.8, 4) is 0 Å². The summed E-state index contributed by atoms with van der Waals surface area (Å²) in [6, 6.07) is 8.20. The van der Waals surface area contributed by atoms with Crippen molar-refractivity contribution in [2.45, 2.75) is 45.1 Å². The van der Waals surface area contributed by atoms with Gasteiger partial charge >= 0.3 is 0 Å². The van der Waals surface area contributed by atoms with Crippen LogP contribution in [-0.4, -0.2) is 16.9 Å². The minimum Gasteiger partial charge on any atom is -0.392 e. The minimum atomic E-state index is -0.167. The van der Waals surface area contributed by atoms with Gasteiger partial charge in [0.25, 0.3) is 0 Å². The molecular formula is C16H22N2OS. The molecule has 0 aromatic heterocycles. The smallest absolute Gasteiger partial charge is 0.224 e. The fraction of sp³-hybridized carbons (Fsp3) is 0.500. The van der Waals surface area contributed by atoms with E-state index in [0.29, 0.717) is 4.99 Å². The Balaban J connectivity index is 1.99. The van der Waals surface area contributed by atoms with Crippen LogP contribution >= 0.6 is 12.2 Å². The number of aryl methyl sites for hydroxylation is 1. The van der Waals surface area contributed by atoms with Gasteiger partial charge in [-0.15, -0.1) is 0 Å². The first-order chi connectivity index (χ1) is 9.61. The number of amides is 1. The van der Waals surface area contributed by atoms with Crippen molar-refractivity contribution in [2.75, 3.05) is 0 Å². The predicted molar refractivity (Wildman–Crippen MR) is 85.6 cm³/mol. The molecule has 0 radical (unpaired) electrons. The Morgan fingerprint density at radius 2 is 2.15 bits per heavy atom. The van der Waals surface area contributed by atoms with Crippen LogP contribution < -0.4 is 11.1 Å². The van der Waals surface area contributed by atoms with Gasteiger partial charge in [0.15, 0.2) is 0 Å². The highest BCUT2D eigenvalue weighted by Gasteiger charge is 2.26. The number of nitrogens with two attached hydrogens (primary N) is 1. The van der Waals surface area contributed by atoms with Gasteiger partial charge < -0.3 is 11.1 Å². The predicted octanol–water partition coefficient (Wildman–Crippen LogP) is 2.36. The zero-order valence-electron chi connectivity index (χ0n) is 11.9. The first kappa shape index (κ1) is 15.0. The fourth-order valence-corrected chi connectivity index (χ4v) is 2.96. The maximum Gasteiger partial charge on any atom is 0.224 e. The molecule has 2 atom stereocenters. The van der Waals surface area contributed by atoms with E-state index in [9.17, 15) is 4.79 Å². The van der Waals surface area contributed by atoms with Crippen molar-refractivity contribution in [1.82, 2.24) is 5.32 Å². The number of hydrogen-bond donors (Lipinski definition) is 2. The molecule has 0 bridgehead atoms. The standard InChI is InChI=1S/C16H22N2OS/c1-2-5-14(15(17)20)18-16(19)13-9-8-11-6-3-4-7-12(11)10-13/h3-4,6-7,13-14H,2,5,8-10H2,1H3,(H2,17,20)(H,18,19). The molecule has 0 saturated heterocycles. The molecule has 0 heterocycles. The molecule has 1 aliphatic carbocycles. The van der Waals surface area contributed by atoms with Crippen LogP contribution in [0, 0.1) is 5.92 Å². The molecule has 20 heavy (non-hydrogen) atoms. The summed E-state index contributed by atoms with van der Waals surface area (Å²) < 4.78 is 0. The molecule has 108 valence electrons. The van der Waals surface area contributed by atoms with Crippen LogP contribution in [0.2, 0.25) is 0 Å². The maximum absolute atomic E-state index is 12.4. The van der Waals surface area contributed by atoms with Crippen LogP contribution in [0.5, 0.6) is 0 Å². The zero-order chi connectivity index (χ0) is 14.5. The van der Waals surface area contributed by atoms with Gasteiger partial charge in [-0.3, -0.25) is 4.79 Å². The Morgan fingerprint density at radius 3 is 2.80 bits per heavy atom. The second kappa shape index (κ2) is 6.84. The molecule has 1 amide bonds. The molecular weight excluding hydrogens is 268 g/mol. The van der Waals surface area contributed by atoms with E-state index in [4.69, 9.17) is 18.0 Å². The van der Waals surface area contributed by atoms with Crippen LogP contribution in [0.4, 0.5) is 0 Å². The van der Waals surface area contributed by atoms with Gasteiger partial charge in [-0.05, 0) is 36.8 Å². The summed E-state index contributed by atoms with van der Waals surface area (Å²) in [5.74, 6) is 0.129. The second-order valence-electron chi connectivity index (χ2n) is 5.46. The number of rotatable bonds is 5. The molecule has 4 heteroatoms. The summed E-state index contributed by atoms with van der Waals surface area (Å²) in [4.78, 5) is 12.8. The molecule has 1 aromatic carbocycles. The Hall–Kier alpha value is -1.42. The molecule has 3 nitrogen and oxygen atoms in total. The van der Waals surface area contributed by atoms with E-state index in [-0.39, 0.29) is 17.9 Å². The van der Waals surface area contributed by atoms with E-state index in [1.807, 2.05) is 6.07 Å². The average Bonchev–Trinajstić information content (AvgIpc) is 2.46. The van der Waals surface area contributed by atoms with Crippen LogP contribution in [-0.2, 0) is 17.6 Å². The van der Waals surface area contributed by atoms with Gasteiger partial charge in [-0.2, -0.15) is 0 Å². The Bertz CT molecular complexity index is 501. The highest BCUT2D eigenvalue weighted by molar-refractivity contribution is 7.80. The highest BCUT2D eigenvalue weighted by atomic mass is 32.1. The third-order valence-corrected chi connectivity index (χ3v) is 4.24. The second-order valence-corrected chi connectivity index (χ2v) is 5.93. The summed E-state index contributed by atoms with van der Waals surface area (Å²) in [5, 5.41) is 3.01. The summed E-state index contributed by atoms with van der Waals surface area (Å²) in [6.45, 7) is 2.06. The van der Waals surface area contributed by atoms with Crippen molar-refractivity contribution in [1.29, 1.82) is 0 Å². The topological polar surface area (TPSA) is 55.1 Å². The lowest BCUT2D eigenvalue weighted by molar-refractivity contribution is -0.125. The Kier molecular flexibility index (Phi) is 5.12. The Morgan fingerprint density at radius 1 is 1.45 bits per heavy atom. The van der Waals surface area contributed by atoms with Gasteiger partial charge in [0.05, 0.1) is 11.0 Å². The molecule has 2 rings (SSSR count). The average molecular weight is 290 g/mol. The monoisotopic (exact) mass is 290 g/mol. The fourth-order valence-electron chi connectivity index (χ4n) is 2.79. The Labute approximate surface area is 125 Å². The summed E-state index contributed by atoms with van der Waals surface area (Å²) in [7, 11) is 0. The summed E-state index contributed by atoms with van der Waals surface area (Å²) in [6.07, 6.45) is 4.46. The van der Waals surface area contributed by atoms with Gasteiger partial charge in [0, 0.05) is 5.92 Å². The number of fused-ring (bicyclic) bond motifs is 1. The lowest BCUT2D eigenvalue weighted by Gasteiger charge is -2.26. The van der Waals surface area contributed by atoms with Crippen LogP contribution in [0.3, 0.4) is 0 Å². The maximum atomic E-state index is 12.4. The number of benzene rings is 1. The van der Waals surface area contributed by atoms with Crippen LogP contribution in [0.15, 0.2) is 24.3 Å². The highest BCUT2D eigenvalue weighted by Crippen LogP contribution is 2.25. The number of thiocarbonyl (C=S) groups is 1. The van der Waals surface area contributed by atoms with Crippen molar-refractivity contribution in [3.05, 3.63) is 35.4 Å². The van der Waals surface area contributed by atoms with Gasteiger partial charge in [0.2, 0.25) is 5.91 Å². The molecule has 3 N–H and O–H groups in total. The van der Waals surface area contributed by atoms with E-state index in [0.717, 1.165) is 32.1 Å². The van der Waals surface area contributed by atoms with Gasteiger partial charge in [-0.25, -0.2) is 0 Å². The normalized spacial score (nSPS) is 18.9. The molecule has 0 fully saturated rings. The van der Waals surface area contributed by atoms with Crippen molar-refractivity contribution >= 4 is 23.1 Å². The molecule has 1 aromatic rings. The largest absolute Gasteiger partial charge is 0.392 e. The zero-order valence-corrected chi connectivity index (χ0v) is 12.7. The van der Waals surface area contributed by atoms with E-state index < -0.39 is 0 Å². The quantitative estimate of drug-likeness (QED) is 0.819. The van der Waals surface area contributed by atoms with Gasteiger partial charge in [-0.1, -0.05) is 49.8 Å². The number of carbonyl (C=O) groups is 1. The lowest BCUT2D eigenvalue weighted by atomic mass is 9.83. The van der Waals surface area contributed by atoms with Crippen LogP contribution in [0.25, 0.3) is 0 Å². The third-order valence-electron chi connectivity index (χ3n) is 3.95. The molecule has 2 unspecified atom stereocenters.